The molecular weight excluding hydrogens is 216 g/mol. The minimum Gasteiger partial charge on any atom is -0.391 e. The lowest BCUT2D eigenvalue weighted by molar-refractivity contribution is 0.0905. The van der Waals surface area contributed by atoms with Crippen LogP contribution in [0.2, 0.25) is 0 Å². The molecule has 0 saturated heterocycles. The van der Waals surface area contributed by atoms with E-state index in [1.54, 1.807) is 6.92 Å². The number of hydrogen-bond donors (Lipinski definition) is 2. The molecule has 3 nitrogen and oxygen atoms in total. The van der Waals surface area contributed by atoms with Gasteiger partial charge >= 0.3 is 0 Å². The van der Waals surface area contributed by atoms with Crippen LogP contribution in [0.5, 0.6) is 0 Å². The van der Waals surface area contributed by atoms with Crippen molar-refractivity contribution in [3.05, 3.63) is 35.4 Å². The largest absolute Gasteiger partial charge is 0.391 e. The summed E-state index contributed by atoms with van der Waals surface area (Å²) in [6, 6.07) is 3.20. The Bertz CT molecular complexity index is 362. The SMILES string of the molecule is CCC(O)CNC(=O)c1c(F)cccc1F. The van der Waals surface area contributed by atoms with E-state index in [2.05, 4.69) is 5.32 Å². The molecule has 1 amide bonds. The van der Waals surface area contributed by atoms with Crippen molar-refractivity contribution < 1.29 is 18.7 Å². The summed E-state index contributed by atoms with van der Waals surface area (Å²) in [6.45, 7) is 1.71. The number of benzene rings is 1. The van der Waals surface area contributed by atoms with Crippen molar-refractivity contribution in [3.8, 4) is 0 Å². The predicted octanol–water partition coefficient (Wildman–Crippen LogP) is 1.47. The lowest BCUT2D eigenvalue weighted by Gasteiger charge is -2.10. The molecule has 5 heteroatoms. The highest BCUT2D eigenvalue weighted by Gasteiger charge is 2.17. The summed E-state index contributed by atoms with van der Waals surface area (Å²) in [5.41, 5.74) is -0.620. The first-order valence-corrected chi connectivity index (χ1v) is 4.96. The summed E-state index contributed by atoms with van der Waals surface area (Å²) < 4.78 is 26.3. The van der Waals surface area contributed by atoms with Crippen LogP contribution in [0.15, 0.2) is 18.2 Å². The van der Waals surface area contributed by atoms with E-state index in [9.17, 15) is 18.7 Å². The number of hydrogen-bond acceptors (Lipinski definition) is 2. The van der Waals surface area contributed by atoms with Crippen molar-refractivity contribution in [1.29, 1.82) is 0 Å². The Labute approximate surface area is 92.1 Å². The third-order valence-electron chi connectivity index (χ3n) is 2.16. The maximum absolute atomic E-state index is 13.1. The zero-order valence-electron chi connectivity index (χ0n) is 8.84. The van der Waals surface area contributed by atoms with Gasteiger partial charge in [0.1, 0.15) is 17.2 Å². The molecule has 1 unspecified atom stereocenters. The Hall–Kier alpha value is -1.49. The molecule has 1 atom stereocenters. The number of aliphatic hydroxyl groups is 1. The van der Waals surface area contributed by atoms with E-state index in [1.165, 1.54) is 6.07 Å². The highest BCUT2D eigenvalue weighted by Crippen LogP contribution is 2.11. The van der Waals surface area contributed by atoms with Gasteiger partial charge in [-0.05, 0) is 18.6 Å². The molecule has 0 aromatic heterocycles. The fourth-order valence-electron chi connectivity index (χ4n) is 1.16. The van der Waals surface area contributed by atoms with Gasteiger partial charge in [-0.25, -0.2) is 8.78 Å². The summed E-state index contributed by atoms with van der Waals surface area (Å²) in [5, 5.41) is 11.5. The van der Waals surface area contributed by atoms with Crippen LogP contribution in [0.25, 0.3) is 0 Å². The fourth-order valence-corrected chi connectivity index (χ4v) is 1.16. The van der Waals surface area contributed by atoms with Gasteiger partial charge in [-0.15, -0.1) is 0 Å². The van der Waals surface area contributed by atoms with E-state index >= 15 is 0 Å². The van der Waals surface area contributed by atoms with Crippen LogP contribution in [0.1, 0.15) is 23.7 Å². The van der Waals surface area contributed by atoms with Gasteiger partial charge in [0, 0.05) is 6.54 Å². The summed E-state index contributed by atoms with van der Waals surface area (Å²) >= 11 is 0. The van der Waals surface area contributed by atoms with Gasteiger partial charge < -0.3 is 10.4 Å². The smallest absolute Gasteiger partial charge is 0.257 e. The molecule has 0 radical (unpaired) electrons. The third kappa shape index (κ3) is 3.00. The minimum atomic E-state index is -0.913. The maximum Gasteiger partial charge on any atom is 0.257 e. The minimum absolute atomic E-state index is 0.0247. The van der Waals surface area contributed by atoms with E-state index in [0.717, 1.165) is 12.1 Å². The average molecular weight is 229 g/mol. The summed E-state index contributed by atoms with van der Waals surface area (Å²) in [7, 11) is 0. The molecule has 88 valence electrons. The highest BCUT2D eigenvalue weighted by atomic mass is 19.1. The van der Waals surface area contributed by atoms with E-state index in [4.69, 9.17) is 0 Å². The van der Waals surface area contributed by atoms with Crippen LogP contribution in [-0.4, -0.2) is 23.7 Å². The molecule has 0 aliphatic heterocycles. The molecule has 0 spiro atoms. The second-order valence-electron chi connectivity index (χ2n) is 3.37. The van der Waals surface area contributed by atoms with E-state index in [-0.39, 0.29) is 6.54 Å². The molecule has 16 heavy (non-hydrogen) atoms. The van der Waals surface area contributed by atoms with Crippen molar-refractivity contribution in [1.82, 2.24) is 5.32 Å². The maximum atomic E-state index is 13.1. The Morgan fingerprint density at radius 3 is 2.50 bits per heavy atom. The number of rotatable bonds is 4. The monoisotopic (exact) mass is 229 g/mol. The number of amides is 1. The molecule has 0 bridgehead atoms. The van der Waals surface area contributed by atoms with Gasteiger partial charge in [0.2, 0.25) is 0 Å². The topological polar surface area (TPSA) is 49.3 Å². The second-order valence-corrected chi connectivity index (χ2v) is 3.37. The predicted molar refractivity (Wildman–Crippen MR) is 55.0 cm³/mol. The Morgan fingerprint density at radius 2 is 2.00 bits per heavy atom. The Kier molecular flexibility index (Phi) is 4.37. The van der Waals surface area contributed by atoms with Crippen LogP contribution < -0.4 is 5.32 Å². The lowest BCUT2D eigenvalue weighted by Crippen LogP contribution is -2.32. The molecule has 1 aromatic rings. The van der Waals surface area contributed by atoms with Crippen molar-refractivity contribution in [2.75, 3.05) is 6.54 Å². The van der Waals surface area contributed by atoms with E-state index in [0.29, 0.717) is 6.42 Å². The zero-order chi connectivity index (χ0) is 12.1. The quantitative estimate of drug-likeness (QED) is 0.821. The first-order valence-electron chi connectivity index (χ1n) is 4.96. The number of carbonyl (C=O) groups excluding carboxylic acids is 1. The third-order valence-corrected chi connectivity index (χ3v) is 2.16. The van der Waals surface area contributed by atoms with Gasteiger partial charge in [-0.2, -0.15) is 0 Å². The summed E-state index contributed by atoms with van der Waals surface area (Å²) in [4.78, 5) is 11.4. The standard InChI is InChI=1S/C11H13F2NO2/c1-2-7(15)6-14-11(16)10-8(12)4-3-5-9(10)13/h3-5,7,15H,2,6H2,1H3,(H,14,16). The molecular formula is C11H13F2NO2. The van der Waals surface area contributed by atoms with E-state index in [1.807, 2.05) is 0 Å². The molecule has 1 aromatic carbocycles. The molecule has 0 aliphatic carbocycles. The Balaban J connectivity index is 2.73. The van der Waals surface area contributed by atoms with Crippen LogP contribution in [-0.2, 0) is 0 Å². The van der Waals surface area contributed by atoms with Gasteiger partial charge in [-0.3, -0.25) is 4.79 Å². The van der Waals surface area contributed by atoms with Crippen molar-refractivity contribution in [2.24, 2.45) is 0 Å². The van der Waals surface area contributed by atoms with Gasteiger partial charge in [-0.1, -0.05) is 13.0 Å². The van der Waals surface area contributed by atoms with E-state index < -0.39 is 29.2 Å². The number of aliphatic hydroxyl groups excluding tert-OH is 1. The summed E-state index contributed by atoms with van der Waals surface area (Å²) in [6.07, 6.45) is -0.251. The van der Waals surface area contributed by atoms with Crippen LogP contribution in [0, 0.1) is 11.6 Å². The molecule has 1 rings (SSSR count). The molecule has 2 N–H and O–H groups in total. The second kappa shape index (κ2) is 5.55. The number of carbonyl (C=O) groups is 1. The van der Waals surface area contributed by atoms with Gasteiger partial charge in [0.25, 0.3) is 5.91 Å². The Morgan fingerprint density at radius 1 is 1.44 bits per heavy atom. The molecule has 0 heterocycles. The van der Waals surface area contributed by atoms with Crippen molar-refractivity contribution in [3.63, 3.8) is 0 Å². The molecule has 0 saturated carbocycles. The first kappa shape index (κ1) is 12.6. The fraction of sp³-hybridized carbons (Fsp3) is 0.364. The van der Waals surface area contributed by atoms with Crippen LogP contribution in [0.3, 0.4) is 0 Å². The lowest BCUT2D eigenvalue weighted by atomic mass is 10.2. The zero-order valence-corrected chi connectivity index (χ0v) is 8.84. The van der Waals surface area contributed by atoms with Crippen molar-refractivity contribution in [2.45, 2.75) is 19.4 Å². The number of halogens is 2. The van der Waals surface area contributed by atoms with Crippen LogP contribution >= 0.6 is 0 Å². The summed E-state index contributed by atoms with van der Waals surface area (Å²) in [5.74, 6) is -2.69. The van der Waals surface area contributed by atoms with Crippen LogP contribution in [0.4, 0.5) is 8.78 Å². The normalized spacial score (nSPS) is 12.2. The molecule has 0 fully saturated rings. The van der Waals surface area contributed by atoms with Crippen molar-refractivity contribution >= 4 is 5.91 Å². The first-order chi connectivity index (χ1) is 7.56. The highest BCUT2D eigenvalue weighted by molar-refractivity contribution is 5.94. The van der Waals surface area contributed by atoms with Gasteiger partial charge in [0.15, 0.2) is 0 Å². The average Bonchev–Trinajstić information content (AvgIpc) is 2.25. The van der Waals surface area contributed by atoms with Gasteiger partial charge in [0.05, 0.1) is 6.10 Å². The number of nitrogens with one attached hydrogen (secondary N) is 1. The molecule has 0 aliphatic rings.